The number of fused-ring (bicyclic) bond motifs is 3. The standard InChI is InChI=1S/C24H24N4O2/c1-30-20-9-7-19(8-10-20)16-28-23(29)21-17-26(15-18-5-3-2-4-6-18)13-11-22(21)27-14-12-25-24(27)28/h2-10,12,14H,11,13,15-17H2,1H3. The molecule has 0 fully saturated rings. The van der Waals surface area contributed by atoms with Crippen molar-refractivity contribution in [2.24, 2.45) is 0 Å². The minimum absolute atomic E-state index is 0.0530. The minimum Gasteiger partial charge on any atom is -0.497 e. The summed E-state index contributed by atoms with van der Waals surface area (Å²) in [6, 6.07) is 18.2. The van der Waals surface area contributed by atoms with Crippen LogP contribution < -0.4 is 10.3 Å². The number of nitrogens with zero attached hydrogens (tertiary/aromatic N) is 4. The molecular formula is C24H24N4O2. The molecule has 0 amide bonds. The lowest BCUT2D eigenvalue weighted by Gasteiger charge is -2.29. The molecule has 6 heteroatoms. The summed E-state index contributed by atoms with van der Waals surface area (Å²) in [5.74, 6) is 1.50. The lowest BCUT2D eigenvalue weighted by atomic mass is 10.1. The molecular weight excluding hydrogens is 376 g/mol. The Morgan fingerprint density at radius 3 is 2.53 bits per heavy atom. The Hall–Kier alpha value is -3.38. The topological polar surface area (TPSA) is 51.8 Å². The quantitative estimate of drug-likeness (QED) is 0.517. The van der Waals surface area contributed by atoms with Crippen molar-refractivity contribution in [1.29, 1.82) is 0 Å². The maximum absolute atomic E-state index is 13.5. The van der Waals surface area contributed by atoms with Crippen LogP contribution in [0.1, 0.15) is 22.4 Å². The average Bonchev–Trinajstić information content (AvgIpc) is 3.28. The fourth-order valence-electron chi connectivity index (χ4n) is 4.26. The molecule has 0 bridgehead atoms. The molecule has 0 saturated heterocycles. The van der Waals surface area contributed by atoms with Crippen LogP contribution in [-0.4, -0.2) is 32.5 Å². The number of rotatable bonds is 5. The summed E-state index contributed by atoms with van der Waals surface area (Å²) in [7, 11) is 1.65. The number of methoxy groups -OCH3 is 1. The van der Waals surface area contributed by atoms with Gasteiger partial charge in [-0.05, 0) is 23.3 Å². The molecule has 0 aliphatic carbocycles. The first-order valence-corrected chi connectivity index (χ1v) is 10.2. The van der Waals surface area contributed by atoms with Crippen LogP contribution in [0, 0.1) is 0 Å². The van der Waals surface area contributed by atoms with Gasteiger partial charge in [-0.25, -0.2) is 4.98 Å². The molecule has 30 heavy (non-hydrogen) atoms. The lowest BCUT2D eigenvalue weighted by Crippen LogP contribution is -2.38. The van der Waals surface area contributed by atoms with Crippen LogP contribution in [0.3, 0.4) is 0 Å². The largest absolute Gasteiger partial charge is 0.497 e. The van der Waals surface area contributed by atoms with Gasteiger partial charge in [0, 0.05) is 44.1 Å². The van der Waals surface area contributed by atoms with Gasteiger partial charge in [-0.3, -0.25) is 18.7 Å². The van der Waals surface area contributed by atoms with E-state index in [2.05, 4.69) is 38.6 Å². The van der Waals surface area contributed by atoms with E-state index in [-0.39, 0.29) is 5.56 Å². The number of imidazole rings is 1. The minimum atomic E-state index is 0.0530. The molecule has 2 aromatic carbocycles. The highest BCUT2D eigenvalue weighted by molar-refractivity contribution is 5.39. The molecule has 0 spiro atoms. The predicted octanol–water partition coefficient (Wildman–Crippen LogP) is 3.11. The second kappa shape index (κ2) is 7.80. The maximum Gasteiger partial charge on any atom is 0.259 e. The molecule has 4 aromatic rings. The highest BCUT2D eigenvalue weighted by Gasteiger charge is 2.24. The SMILES string of the molecule is COc1ccc(Cn2c(=O)c3c(n4ccnc24)CCN(Cc2ccccc2)C3)cc1. The zero-order valence-corrected chi connectivity index (χ0v) is 17.0. The van der Waals surface area contributed by atoms with E-state index in [1.807, 2.05) is 36.5 Å². The Kier molecular flexibility index (Phi) is 4.85. The fourth-order valence-corrected chi connectivity index (χ4v) is 4.26. The maximum atomic E-state index is 13.5. The van der Waals surface area contributed by atoms with Gasteiger partial charge in [0.15, 0.2) is 0 Å². The third kappa shape index (κ3) is 3.39. The summed E-state index contributed by atoms with van der Waals surface area (Å²) in [6.07, 6.45) is 4.58. The first-order chi connectivity index (χ1) is 14.7. The Morgan fingerprint density at radius 1 is 1.00 bits per heavy atom. The first kappa shape index (κ1) is 18.6. The van der Waals surface area contributed by atoms with E-state index in [0.717, 1.165) is 42.1 Å². The third-order valence-corrected chi connectivity index (χ3v) is 5.80. The van der Waals surface area contributed by atoms with Crippen molar-refractivity contribution >= 4 is 5.78 Å². The van der Waals surface area contributed by atoms with Crippen molar-refractivity contribution < 1.29 is 4.74 Å². The second-order valence-corrected chi connectivity index (χ2v) is 7.71. The lowest BCUT2D eigenvalue weighted by molar-refractivity contribution is 0.240. The van der Waals surface area contributed by atoms with Gasteiger partial charge in [0.2, 0.25) is 5.78 Å². The molecule has 3 heterocycles. The monoisotopic (exact) mass is 400 g/mol. The van der Waals surface area contributed by atoms with Gasteiger partial charge >= 0.3 is 0 Å². The summed E-state index contributed by atoms with van der Waals surface area (Å²) in [5, 5.41) is 0. The number of ether oxygens (including phenoxy) is 1. The van der Waals surface area contributed by atoms with Crippen LogP contribution in [0.5, 0.6) is 5.75 Å². The van der Waals surface area contributed by atoms with Crippen LogP contribution in [0.4, 0.5) is 0 Å². The van der Waals surface area contributed by atoms with Crippen LogP contribution in [0.25, 0.3) is 5.78 Å². The smallest absolute Gasteiger partial charge is 0.259 e. The molecule has 2 aromatic heterocycles. The van der Waals surface area contributed by atoms with Gasteiger partial charge in [-0.1, -0.05) is 42.5 Å². The van der Waals surface area contributed by atoms with Gasteiger partial charge in [0.05, 0.1) is 19.2 Å². The number of aromatic nitrogens is 3. The summed E-state index contributed by atoms with van der Waals surface area (Å²) < 4.78 is 9.11. The zero-order chi connectivity index (χ0) is 20.5. The van der Waals surface area contributed by atoms with Gasteiger partial charge < -0.3 is 4.74 Å². The van der Waals surface area contributed by atoms with Gasteiger partial charge in [-0.2, -0.15) is 0 Å². The molecule has 0 unspecified atom stereocenters. The second-order valence-electron chi connectivity index (χ2n) is 7.71. The average molecular weight is 400 g/mol. The van der Waals surface area contributed by atoms with Crippen molar-refractivity contribution in [3.63, 3.8) is 0 Å². The van der Waals surface area contributed by atoms with E-state index in [1.165, 1.54) is 5.56 Å². The van der Waals surface area contributed by atoms with Crippen molar-refractivity contribution in [1.82, 2.24) is 18.9 Å². The van der Waals surface area contributed by atoms with Crippen LogP contribution in [0.2, 0.25) is 0 Å². The van der Waals surface area contributed by atoms with E-state index in [1.54, 1.807) is 17.9 Å². The van der Waals surface area contributed by atoms with Crippen molar-refractivity contribution in [3.8, 4) is 5.75 Å². The molecule has 0 N–H and O–H groups in total. The highest BCUT2D eigenvalue weighted by Crippen LogP contribution is 2.20. The van der Waals surface area contributed by atoms with Crippen LogP contribution >= 0.6 is 0 Å². The Morgan fingerprint density at radius 2 is 1.77 bits per heavy atom. The molecule has 1 aliphatic heterocycles. The summed E-state index contributed by atoms with van der Waals surface area (Å²) in [5.41, 5.74) is 4.32. The molecule has 1 aliphatic rings. The summed E-state index contributed by atoms with van der Waals surface area (Å²) in [4.78, 5) is 20.3. The number of hydrogen-bond donors (Lipinski definition) is 0. The van der Waals surface area contributed by atoms with E-state index in [0.29, 0.717) is 18.9 Å². The summed E-state index contributed by atoms with van der Waals surface area (Å²) >= 11 is 0. The van der Waals surface area contributed by atoms with E-state index in [9.17, 15) is 4.79 Å². The Bertz CT molecular complexity index is 1230. The van der Waals surface area contributed by atoms with Gasteiger partial charge in [0.25, 0.3) is 5.56 Å². The Labute approximate surface area is 175 Å². The normalized spacial score (nSPS) is 14.0. The van der Waals surface area contributed by atoms with Gasteiger partial charge in [-0.15, -0.1) is 0 Å². The van der Waals surface area contributed by atoms with Crippen molar-refractivity contribution in [2.75, 3.05) is 13.7 Å². The zero-order valence-electron chi connectivity index (χ0n) is 17.0. The predicted molar refractivity (Wildman–Crippen MR) is 116 cm³/mol. The molecule has 0 saturated carbocycles. The van der Waals surface area contributed by atoms with Crippen molar-refractivity contribution in [3.05, 3.63) is 99.7 Å². The van der Waals surface area contributed by atoms with Crippen molar-refractivity contribution in [2.45, 2.75) is 26.1 Å². The van der Waals surface area contributed by atoms with Gasteiger partial charge in [0.1, 0.15) is 5.75 Å². The first-order valence-electron chi connectivity index (χ1n) is 10.2. The number of benzene rings is 2. The molecule has 6 nitrogen and oxygen atoms in total. The van der Waals surface area contributed by atoms with Crippen LogP contribution in [-0.2, 0) is 26.1 Å². The fraction of sp³-hybridized carbons (Fsp3) is 0.250. The highest BCUT2D eigenvalue weighted by atomic mass is 16.5. The third-order valence-electron chi connectivity index (χ3n) is 5.80. The molecule has 0 atom stereocenters. The molecule has 152 valence electrons. The Balaban J connectivity index is 1.51. The molecule has 5 rings (SSSR count). The van der Waals surface area contributed by atoms with Crippen LogP contribution in [0.15, 0.2) is 71.8 Å². The molecule has 0 radical (unpaired) electrons. The number of hydrogen-bond acceptors (Lipinski definition) is 4. The van der Waals surface area contributed by atoms with E-state index in [4.69, 9.17) is 4.74 Å². The summed E-state index contributed by atoms with van der Waals surface area (Å²) in [6.45, 7) is 2.91. The van der Waals surface area contributed by atoms with E-state index >= 15 is 0 Å². The van der Waals surface area contributed by atoms with E-state index < -0.39 is 0 Å².